The standard InChI is InChI=1S/C17H20ClN3O.C17H21N3O/c1-11-19-16(18)15(12-7-9-14(22-2)10-8-12)17(20-11)21-13-5-3-4-6-13;1-12-18-11-16(13-7-9-15(21-2)10-8-13)17(19-12)20-14-5-3-4-6-14/h7-10,13H,3-6H2,1-2H3,(H,19,20,21);7-11,14H,3-6H2,1-2H3,(H,18,19,20). The van der Waals surface area contributed by atoms with Crippen LogP contribution in [0.1, 0.15) is 63.0 Å². The highest BCUT2D eigenvalue weighted by molar-refractivity contribution is 6.32. The Bertz CT molecular complexity index is 1480. The van der Waals surface area contributed by atoms with Crippen LogP contribution in [0.5, 0.6) is 11.5 Å². The van der Waals surface area contributed by atoms with Gasteiger partial charge >= 0.3 is 0 Å². The maximum Gasteiger partial charge on any atom is 0.142 e. The molecule has 0 spiro atoms. The zero-order valence-corrected chi connectivity index (χ0v) is 26.2. The zero-order valence-electron chi connectivity index (χ0n) is 25.5. The van der Waals surface area contributed by atoms with Gasteiger partial charge in [0.1, 0.15) is 39.9 Å². The van der Waals surface area contributed by atoms with Gasteiger partial charge in [0.2, 0.25) is 0 Å². The third kappa shape index (κ3) is 7.93. The van der Waals surface area contributed by atoms with Crippen molar-refractivity contribution in [1.29, 1.82) is 0 Å². The number of hydrogen-bond donors (Lipinski definition) is 2. The Kier molecular flexibility index (Phi) is 10.3. The number of ether oxygens (including phenoxy) is 2. The number of methoxy groups -OCH3 is 2. The molecule has 9 heteroatoms. The van der Waals surface area contributed by atoms with E-state index in [-0.39, 0.29) is 0 Å². The average Bonchev–Trinajstić information content (AvgIpc) is 3.73. The highest BCUT2D eigenvalue weighted by Gasteiger charge is 2.20. The van der Waals surface area contributed by atoms with Gasteiger partial charge in [-0.15, -0.1) is 0 Å². The Morgan fingerprint density at radius 3 is 1.67 bits per heavy atom. The second kappa shape index (κ2) is 14.5. The van der Waals surface area contributed by atoms with Crippen LogP contribution in [-0.2, 0) is 0 Å². The van der Waals surface area contributed by atoms with E-state index in [9.17, 15) is 0 Å². The molecule has 2 saturated carbocycles. The van der Waals surface area contributed by atoms with Gasteiger partial charge in [0.25, 0.3) is 0 Å². The molecule has 2 fully saturated rings. The van der Waals surface area contributed by atoms with Gasteiger partial charge in [-0.05, 0) is 74.9 Å². The maximum atomic E-state index is 6.41. The summed E-state index contributed by atoms with van der Waals surface area (Å²) in [6.07, 6.45) is 11.9. The Morgan fingerprint density at radius 1 is 0.651 bits per heavy atom. The lowest BCUT2D eigenvalue weighted by Crippen LogP contribution is -2.17. The number of aromatic nitrogens is 4. The van der Waals surface area contributed by atoms with E-state index in [4.69, 9.17) is 21.1 Å². The normalized spacial score (nSPS) is 15.1. The molecule has 6 rings (SSSR count). The van der Waals surface area contributed by atoms with Gasteiger partial charge in [0, 0.05) is 23.8 Å². The Hall–Kier alpha value is -3.91. The Labute approximate surface area is 259 Å². The number of nitrogens with one attached hydrogen (secondary N) is 2. The van der Waals surface area contributed by atoms with Crippen molar-refractivity contribution < 1.29 is 9.47 Å². The summed E-state index contributed by atoms with van der Waals surface area (Å²) in [5.41, 5.74) is 4.01. The van der Waals surface area contributed by atoms with Gasteiger partial charge in [0.05, 0.1) is 19.8 Å². The summed E-state index contributed by atoms with van der Waals surface area (Å²) >= 11 is 6.41. The smallest absolute Gasteiger partial charge is 0.142 e. The van der Waals surface area contributed by atoms with Gasteiger partial charge in [-0.2, -0.15) is 0 Å². The first-order valence-electron chi connectivity index (χ1n) is 15.1. The molecule has 2 aromatic carbocycles. The lowest BCUT2D eigenvalue weighted by Gasteiger charge is -2.17. The number of benzene rings is 2. The monoisotopic (exact) mass is 600 g/mol. The minimum atomic E-state index is 0.474. The van der Waals surface area contributed by atoms with Crippen LogP contribution >= 0.6 is 11.6 Å². The zero-order chi connectivity index (χ0) is 30.2. The minimum absolute atomic E-state index is 0.474. The second-order valence-electron chi connectivity index (χ2n) is 11.2. The Balaban J connectivity index is 0.000000171. The van der Waals surface area contributed by atoms with E-state index >= 15 is 0 Å². The van der Waals surface area contributed by atoms with Crippen molar-refractivity contribution in [2.75, 3.05) is 24.9 Å². The molecule has 8 nitrogen and oxygen atoms in total. The molecule has 0 bridgehead atoms. The second-order valence-corrected chi connectivity index (χ2v) is 11.5. The molecule has 0 amide bonds. The molecule has 43 heavy (non-hydrogen) atoms. The van der Waals surface area contributed by atoms with Crippen LogP contribution in [0.25, 0.3) is 22.3 Å². The summed E-state index contributed by atoms with van der Waals surface area (Å²) in [5, 5.41) is 7.63. The van der Waals surface area contributed by atoms with Gasteiger partial charge in [-0.3, -0.25) is 0 Å². The molecular formula is C34H41ClN6O2. The summed E-state index contributed by atoms with van der Waals surface area (Å²) in [4.78, 5) is 17.8. The third-order valence-electron chi connectivity index (χ3n) is 8.06. The van der Waals surface area contributed by atoms with Crippen LogP contribution < -0.4 is 20.1 Å². The first-order chi connectivity index (χ1) is 20.9. The number of anilines is 2. The molecule has 226 valence electrons. The van der Waals surface area contributed by atoms with Crippen LogP contribution in [0.15, 0.2) is 54.7 Å². The van der Waals surface area contributed by atoms with Crippen molar-refractivity contribution in [3.8, 4) is 33.8 Å². The van der Waals surface area contributed by atoms with Crippen LogP contribution in [0.2, 0.25) is 5.15 Å². The maximum absolute atomic E-state index is 6.41. The molecule has 0 atom stereocenters. The average molecular weight is 601 g/mol. The van der Waals surface area contributed by atoms with Crippen molar-refractivity contribution in [3.05, 3.63) is 71.5 Å². The topological polar surface area (TPSA) is 94.1 Å². The van der Waals surface area contributed by atoms with E-state index in [2.05, 4.69) is 30.6 Å². The van der Waals surface area contributed by atoms with E-state index in [1.165, 1.54) is 51.4 Å². The summed E-state index contributed by atoms with van der Waals surface area (Å²) in [7, 11) is 3.33. The third-order valence-corrected chi connectivity index (χ3v) is 8.33. The molecule has 2 aromatic heterocycles. The fraction of sp³-hybridized carbons (Fsp3) is 0.412. The molecule has 2 N–H and O–H groups in total. The van der Waals surface area contributed by atoms with E-state index in [0.29, 0.717) is 23.1 Å². The summed E-state index contributed by atoms with van der Waals surface area (Å²) in [6, 6.07) is 16.9. The van der Waals surface area contributed by atoms with Gasteiger partial charge in [0.15, 0.2) is 0 Å². The lowest BCUT2D eigenvalue weighted by molar-refractivity contribution is 0.415. The predicted octanol–water partition coefficient (Wildman–Crippen LogP) is 8.28. The van der Waals surface area contributed by atoms with Crippen LogP contribution in [0.4, 0.5) is 11.6 Å². The number of aryl methyl sites for hydroxylation is 2. The lowest BCUT2D eigenvalue weighted by atomic mass is 10.1. The predicted molar refractivity (Wildman–Crippen MR) is 174 cm³/mol. The van der Waals surface area contributed by atoms with Crippen LogP contribution in [-0.4, -0.2) is 46.2 Å². The molecule has 0 unspecified atom stereocenters. The van der Waals surface area contributed by atoms with Crippen molar-refractivity contribution >= 4 is 23.2 Å². The van der Waals surface area contributed by atoms with Crippen molar-refractivity contribution in [3.63, 3.8) is 0 Å². The fourth-order valence-corrected chi connectivity index (χ4v) is 6.07. The van der Waals surface area contributed by atoms with E-state index in [1.54, 1.807) is 14.2 Å². The van der Waals surface area contributed by atoms with E-state index < -0.39 is 0 Å². The minimum Gasteiger partial charge on any atom is -0.497 e. The summed E-state index contributed by atoms with van der Waals surface area (Å²) in [5.74, 6) is 4.93. The molecule has 2 aliphatic carbocycles. The molecule has 4 aromatic rings. The first kappa shape index (κ1) is 30.5. The summed E-state index contributed by atoms with van der Waals surface area (Å²) < 4.78 is 10.4. The quantitative estimate of drug-likeness (QED) is 0.195. The molecule has 2 heterocycles. The first-order valence-corrected chi connectivity index (χ1v) is 15.5. The largest absolute Gasteiger partial charge is 0.497 e. The Morgan fingerprint density at radius 2 is 1.14 bits per heavy atom. The van der Waals surface area contributed by atoms with Crippen molar-refractivity contribution in [2.24, 2.45) is 0 Å². The van der Waals surface area contributed by atoms with E-state index in [1.807, 2.05) is 68.6 Å². The number of halogens is 1. The number of rotatable bonds is 8. The van der Waals surface area contributed by atoms with Crippen LogP contribution in [0, 0.1) is 13.8 Å². The fourth-order valence-electron chi connectivity index (χ4n) is 5.75. The highest BCUT2D eigenvalue weighted by Crippen LogP contribution is 2.35. The van der Waals surface area contributed by atoms with Gasteiger partial charge < -0.3 is 20.1 Å². The van der Waals surface area contributed by atoms with Crippen molar-refractivity contribution in [2.45, 2.75) is 77.3 Å². The molecule has 0 saturated heterocycles. The summed E-state index contributed by atoms with van der Waals surface area (Å²) in [6.45, 7) is 3.79. The molecule has 0 radical (unpaired) electrons. The van der Waals surface area contributed by atoms with Gasteiger partial charge in [-0.25, -0.2) is 19.9 Å². The van der Waals surface area contributed by atoms with Crippen molar-refractivity contribution in [1.82, 2.24) is 19.9 Å². The molecule has 0 aliphatic heterocycles. The number of hydrogen-bond acceptors (Lipinski definition) is 8. The van der Waals surface area contributed by atoms with Crippen LogP contribution in [0.3, 0.4) is 0 Å². The molecule has 2 aliphatic rings. The molecular weight excluding hydrogens is 560 g/mol. The van der Waals surface area contributed by atoms with Gasteiger partial charge in [-0.1, -0.05) is 61.5 Å². The number of nitrogens with zero attached hydrogens (tertiary/aromatic N) is 4. The SMILES string of the molecule is COc1ccc(-c2c(Cl)nc(C)nc2NC2CCCC2)cc1.COc1ccc(-c2cnc(C)nc2NC2CCCC2)cc1. The van der Waals surface area contributed by atoms with E-state index in [0.717, 1.165) is 51.2 Å². The highest BCUT2D eigenvalue weighted by atomic mass is 35.5.